The minimum absolute atomic E-state index is 0.394. The summed E-state index contributed by atoms with van der Waals surface area (Å²) in [5.41, 5.74) is 0. The van der Waals surface area contributed by atoms with Crippen LogP contribution < -0.4 is 0 Å². The molecule has 0 unspecified atom stereocenters. The molecule has 330 valence electrons. The van der Waals surface area contributed by atoms with E-state index in [0.29, 0.717) is 0 Å². The number of nitrogens with zero attached hydrogens (tertiary/aromatic N) is 2. The molecule has 0 aromatic carbocycles. The summed E-state index contributed by atoms with van der Waals surface area (Å²) in [5, 5.41) is 0.559. The van der Waals surface area contributed by atoms with Crippen molar-refractivity contribution in [1.82, 2.24) is 4.31 Å². The van der Waals surface area contributed by atoms with Gasteiger partial charge in [-0.2, -0.15) is 105 Å². The van der Waals surface area contributed by atoms with Gasteiger partial charge in [0.2, 0.25) is 0 Å². The molecule has 0 saturated carbocycles. The molecule has 9 nitrogen and oxygen atoms in total. The second-order valence-corrected chi connectivity index (χ2v) is 15.3. The van der Waals surface area contributed by atoms with Crippen molar-refractivity contribution in [2.24, 2.45) is 0 Å². The number of carbonyl (C=O) groups is 1. The van der Waals surface area contributed by atoms with Crippen molar-refractivity contribution in [3.63, 3.8) is 0 Å². The van der Waals surface area contributed by atoms with E-state index in [1.54, 1.807) is 0 Å². The second kappa shape index (κ2) is 14.8. The Morgan fingerprint density at radius 2 is 0.836 bits per heavy atom. The van der Waals surface area contributed by atoms with Gasteiger partial charge >= 0.3 is 70.7 Å². The third-order valence-corrected chi connectivity index (χ3v) is 9.86. The average Bonchev–Trinajstić information content (AvgIpc) is 2.93. The lowest BCUT2D eigenvalue weighted by Crippen LogP contribution is -2.78. The molecule has 0 fully saturated rings. The molecule has 0 saturated heterocycles. The van der Waals surface area contributed by atoms with E-state index in [1.807, 2.05) is 0 Å². The van der Waals surface area contributed by atoms with Crippen LogP contribution in [-0.4, -0.2) is 152 Å². The van der Waals surface area contributed by atoms with E-state index in [0.717, 1.165) is 14.1 Å². The Labute approximate surface area is 291 Å². The van der Waals surface area contributed by atoms with Gasteiger partial charge in [0.05, 0.1) is 37.3 Å². The Kier molecular flexibility index (Phi) is 14.2. The molecule has 0 aromatic rings. The predicted molar refractivity (Wildman–Crippen MR) is 129 cm³/mol. The molecule has 1 N–H and O–H groups in total. The van der Waals surface area contributed by atoms with Crippen molar-refractivity contribution in [2.45, 2.75) is 77.6 Å². The van der Waals surface area contributed by atoms with E-state index in [2.05, 4.69) is 0 Å². The maximum atomic E-state index is 14.7. The number of carboxylic acid groups (broad SMARTS) is 1. The molecule has 0 aliphatic carbocycles. The fraction of sp³-hybridized carbons (Fsp3) is 0.952. The lowest BCUT2D eigenvalue weighted by molar-refractivity contribution is -0.890. The van der Waals surface area contributed by atoms with Crippen molar-refractivity contribution >= 4 is 26.1 Å². The lowest BCUT2D eigenvalue weighted by Gasteiger charge is -2.45. The lowest BCUT2D eigenvalue weighted by atomic mass is 9.86. The first-order valence-electron chi connectivity index (χ1n) is 13.3. The number of hydrogen-bond acceptors (Lipinski definition) is 6. The molecule has 34 heteroatoms. The molecule has 0 aliphatic rings. The molecule has 0 radical (unpaired) electrons. The highest BCUT2D eigenvalue weighted by Crippen LogP contribution is 2.67. The topological polar surface area (TPSA) is 132 Å². The molecule has 0 rings (SSSR count). The first-order valence-corrected chi connectivity index (χ1v) is 16.3. The Morgan fingerprint density at radius 1 is 0.545 bits per heavy atom. The maximum Gasteiger partial charge on any atom is 0.460 e. The van der Waals surface area contributed by atoms with Crippen LogP contribution in [0.5, 0.6) is 0 Å². The Hall–Kier alpha value is -2.36. The molecule has 0 aliphatic heterocycles. The first kappa shape index (κ1) is 52.6. The van der Waals surface area contributed by atoms with Gasteiger partial charge in [0.1, 0.15) is 6.54 Å². The van der Waals surface area contributed by atoms with Gasteiger partial charge in [-0.1, -0.05) is 0 Å². The average molecular weight is 914 g/mol. The van der Waals surface area contributed by atoms with E-state index in [9.17, 15) is 127 Å². The van der Waals surface area contributed by atoms with Gasteiger partial charge in [-0.3, -0.25) is 4.79 Å². The summed E-state index contributed by atoms with van der Waals surface area (Å²) in [6.45, 7) is -5.57. The van der Waals surface area contributed by atoms with Crippen molar-refractivity contribution in [2.75, 3.05) is 46.0 Å². The predicted octanol–water partition coefficient (Wildman–Crippen LogP) is 5.98. The van der Waals surface area contributed by atoms with Crippen LogP contribution in [0.3, 0.4) is 0 Å². The molecule has 0 aromatic heterocycles. The van der Waals surface area contributed by atoms with Crippen LogP contribution in [0.1, 0.15) is 12.8 Å². The van der Waals surface area contributed by atoms with E-state index < -0.39 is 144 Å². The number of hydrogen-bond donors (Lipinski definition) is 1. The Balaban J connectivity index is 7.17. The van der Waals surface area contributed by atoms with E-state index >= 15 is 0 Å². The van der Waals surface area contributed by atoms with Crippen LogP contribution in [0.25, 0.3) is 0 Å². The van der Waals surface area contributed by atoms with E-state index in [1.165, 1.54) is 0 Å². The summed E-state index contributed by atoms with van der Waals surface area (Å²) in [6, 6.07) is 0. The van der Waals surface area contributed by atoms with Crippen molar-refractivity contribution in [1.29, 1.82) is 0 Å². The molecule has 55 heavy (non-hydrogen) atoms. The summed E-state index contributed by atoms with van der Waals surface area (Å²) >= 11 is 0. The number of carboxylic acids is 1. The summed E-state index contributed by atoms with van der Waals surface area (Å²) < 4.78 is 370. The number of halogens is 23. The monoisotopic (exact) mass is 914 g/mol. The van der Waals surface area contributed by atoms with Gasteiger partial charge in [-0.15, -0.1) is 0 Å². The van der Waals surface area contributed by atoms with Gasteiger partial charge in [0.25, 0.3) is 10.0 Å². The zero-order valence-corrected chi connectivity index (χ0v) is 27.9. The summed E-state index contributed by atoms with van der Waals surface area (Å²) in [4.78, 5) is 11.0. The zero-order chi connectivity index (χ0) is 45.1. The summed E-state index contributed by atoms with van der Waals surface area (Å²) in [6.07, 6.45) is -9.83. The van der Waals surface area contributed by atoms with Crippen LogP contribution in [0, 0.1) is 0 Å². The minimum atomic E-state index is -9.69. The fourth-order valence-corrected chi connectivity index (χ4v) is 5.87. The van der Waals surface area contributed by atoms with Crippen molar-refractivity contribution in [3.8, 4) is 0 Å². The molecular formula is C21H21F23N2O7S2. The number of quaternary nitrogens is 1. The van der Waals surface area contributed by atoms with E-state index in [-0.39, 0.29) is 0 Å². The van der Waals surface area contributed by atoms with Gasteiger partial charge in [0.15, 0.2) is 0 Å². The molecule has 0 atom stereocenters. The molecule has 0 heterocycles. The Bertz CT molecular complexity index is 1610. The molecule has 0 spiro atoms. The fourth-order valence-electron chi connectivity index (χ4n) is 3.96. The largest absolute Gasteiger partial charge is 0.748 e. The molecular weight excluding hydrogens is 893 g/mol. The minimum Gasteiger partial charge on any atom is -0.748 e. The Morgan fingerprint density at radius 3 is 1.13 bits per heavy atom. The SMILES string of the molecule is C[N+](C)(CCCN(CC(=O)O)S(=O)(=O)C(F)(F)C(F)(F)C(F)(F)C(F)(F)C(F)(F)C(F)(F)C(F)(F)C(F)(F)C(F)(F)C(F)(F)C(F)(F)F)CCCS(=O)(=O)[O-]. The zero-order valence-electron chi connectivity index (χ0n) is 26.3. The highest BCUT2D eigenvalue weighted by atomic mass is 32.2. The smallest absolute Gasteiger partial charge is 0.460 e. The third kappa shape index (κ3) is 8.60. The van der Waals surface area contributed by atoms with Crippen LogP contribution in [-0.2, 0) is 24.9 Å². The van der Waals surface area contributed by atoms with E-state index in [4.69, 9.17) is 5.11 Å². The van der Waals surface area contributed by atoms with Crippen molar-refractivity contribution < 1.29 is 137 Å². The number of aliphatic carboxylic acids is 1. The first-order chi connectivity index (χ1) is 23.5. The molecule has 0 bridgehead atoms. The summed E-state index contributed by atoms with van der Waals surface area (Å²) in [5.74, 6) is -87.9. The van der Waals surface area contributed by atoms with Gasteiger partial charge in [-0.25, -0.2) is 16.8 Å². The summed E-state index contributed by atoms with van der Waals surface area (Å²) in [7, 11) is -10.8. The third-order valence-electron chi connectivity index (χ3n) is 7.18. The van der Waals surface area contributed by atoms with Gasteiger partial charge in [-0.05, 0) is 0 Å². The number of alkyl halides is 23. The normalized spacial score (nSPS) is 16.2. The van der Waals surface area contributed by atoms with Crippen molar-refractivity contribution in [3.05, 3.63) is 0 Å². The van der Waals surface area contributed by atoms with Gasteiger partial charge in [0, 0.05) is 25.1 Å². The van der Waals surface area contributed by atoms with Crippen LogP contribution in [0.2, 0.25) is 0 Å². The van der Waals surface area contributed by atoms with Gasteiger partial charge < -0.3 is 14.1 Å². The standard InChI is InChI=1S/C21H21F23N2O7S2/c1-46(2,7-4-8-54(49,50)51)6-3-5-45(9-10(47)48)55(52,53)21(43,44)19(38,39)17(34,35)15(30,31)13(26,27)11(22,23)12(24,25)14(28,29)16(32,33)18(36,37)20(40,41)42/h3-9H2,1-2H3,(H-,47,48,49,50,51). The van der Waals surface area contributed by atoms with Crippen LogP contribution >= 0.6 is 0 Å². The maximum absolute atomic E-state index is 14.7. The number of sulfonamides is 1. The highest BCUT2D eigenvalue weighted by molar-refractivity contribution is 7.90. The number of rotatable bonds is 21. The highest BCUT2D eigenvalue weighted by Gasteiger charge is 2.99. The van der Waals surface area contributed by atoms with Crippen LogP contribution in [0.4, 0.5) is 101 Å². The molecule has 0 amide bonds. The second-order valence-electron chi connectivity index (χ2n) is 11.8. The van der Waals surface area contributed by atoms with Crippen LogP contribution in [0.15, 0.2) is 0 Å². The quantitative estimate of drug-likeness (QED) is 0.0853.